The van der Waals surface area contributed by atoms with Crippen molar-refractivity contribution in [3.05, 3.63) is 35.4 Å². The number of rotatable bonds is 4. The molecule has 1 aromatic carbocycles. The molecule has 2 aliphatic heterocycles. The maximum absolute atomic E-state index is 6.56. The van der Waals surface area contributed by atoms with Crippen molar-refractivity contribution in [2.24, 2.45) is 0 Å². The van der Waals surface area contributed by atoms with Crippen LogP contribution in [-0.2, 0) is 13.7 Å². The summed E-state index contributed by atoms with van der Waals surface area (Å²) in [5.74, 6) is 0.856. The normalized spacial score (nSPS) is 25.6. The van der Waals surface area contributed by atoms with Crippen LogP contribution in [0.25, 0.3) is 5.47 Å². The highest BCUT2D eigenvalue weighted by Crippen LogP contribution is 2.46. The van der Waals surface area contributed by atoms with Gasteiger partial charge < -0.3 is 18.5 Å². The molecule has 0 saturated carbocycles. The van der Waals surface area contributed by atoms with Crippen LogP contribution in [-0.4, -0.2) is 38.8 Å². The molecule has 0 radical (unpaired) electrons. The summed E-state index contributed by atoms with van der Waals surface area (Å²) in [6.45, 7) is 24.4. The van der Waals surface area contributed by atoms with Crippen molar-refractivity contribution in [3.8, 4) is 5.75 Å². The molecule has 4 nitrogen and oxygen atoms in total. The first-order chi connectivity index (χ1) is 13.5. The van der Waals surface area contributed by atoms with Crippen LogP contribution in [0.5, 0.6) is 5.75 Å². The second kappa shape index (κ2) is 7.23. The Morgan fingerprint density at radius 1 is 1.00 bits per heavy atom. The zero-order valence-corrected chi connectivity index (χ0v) is 21.7. The average molecular weight is 430 g/mol. The number of fused-ring (bicyclic) bond motifs is 1. The van der Waals surface area contributed by atoms with Gasteiger partial charge in [-0.25, -0.2) is 0 Å². The molecule has 1 atom stereocenters. The van der Waals surface area contributed by atoms with Gasteiger partial charge in [0.2, 0.25) is 0 Å². The second-order valence-electron chi connectivity index (χ2n) is 11.7. The largest absolute Gasteiger partial charge is 0.495 e. The number of benzene rings is 1. The fraction of sp³-hybridized carbons (Fsp3) is 0.667. The van der Waals surface area contributed by atoms with Crippen molar-refractivity contribution in [2.75, 3.05) is 6.61 Å². The fourth-order valence-corrected chi connectivity index (χ4v) is 4.50. The highest BCUT2D eigenvalue weighted by molar-refractivity contribution is 6.74. The van der Waals surface area contributed by atoms with Crippen LogP contribution in [0.15, 0.2) is 24.3 Å². The maximum atomic E-state index is 6.56. The lowest BCUT2D eigenvalue weighted by atomic mass is 9.70. The molecule has 1 fully saturated rings. The van der Waals surface area contributed by atoms with Crippen molar-refractivity contribution in [1.29, 1.82) is 0 Å². The first-order valence-electron chi connectivity index (χ1n) is 11.0. The summed E-state index contributed by atoms with van der Waals surface area (Å²) in [4.78, 5) is 0. The second-order valence-corrected chi connectivity index (χ2v) is 16.5. The number of hydrogen-bond acceptors (Lipinski definition) is 4. The van der Waals surface area contributed by atoms with Crippen LogP contribution in [0.4, 0.5) is 0 Å². The molecule has 2 aliphatic rings. The summed E-state index contributed by atoms with van der Waals surface area (Å²) in [6, 6.07) is 6.29. The monoisotopic (exact) mass is 430 g/mol. The fourth-order valence-electron chi connectivity index (χ4n) is 3.42. The van der Waals surface area contributed by atoms with Gasteiger partial charge in [0.1, 0.15) is 11.4 Å². The van der Waals surface area contributed by atoms with E-state index in [1.54, 1.807) is 0 Å². The van der Waals surface area contributed by atoms with E-state index in [4.69, 9.17) is 18.5 Å². The lowest BCUT2D eigenvalue weighted by Crippen LogP contribution is -2.48. The highest BCUT2D eigenvalue weighted by atomic mass is 28.4. The van der Waals surface area contributed by atoms with E-state index >= 15 is 0 Å². The molecule has 0 spiro atoms. The Kier molecular flexibility index (Phi) is 5.68. The quantitative estimate of drug-likeness (QED) is 0.535. The van der Waals surface area contributed by atoms with Crippen LogP contribution in [0.1, 0.15) is 66.5 Å². The van der Waals surface area contributed by atoms with E-state index in [0.717, 1.165) is 16.8 Å². The van der Waals surface area contributed by atoms with E-state index in [1.165, 1.54) is 5.56 Å². The van der Waals surface area contributed by atoms with Gasteiger partial charge in [-0.3, -0.25) is 0 Å². The number of aryl methyl sites for hydroxylation is 1. The van der Waals surface area contributed by atoms with Gasteiger partial charge >= 0.3 is 7.12 Å². The average Bonchev–Trinajstić information content (AvgIpc) is 2.80. The molecule has 1 unspecified atom stereocenters. The van der Waals surface area contributed by atoms with Gasteiger partial charge in [0.05, 0.1) is 17.8 Å². The Morgan fingerprint density at radius 3 is 2.10 bits per heavy atom. The van der Waals surface area contributed by atoms with Crippen LogP contribution < -0.4 is 4.74 Å². The van der Waals surface area contributed by atoms with E-state index in [0.29, 0.717) is 6.61 Å². The van der Waals surface area contributed by atoms with E-state index in [2.05, 4.69) is 93.6 Å². The van der Waals surface area contributed by atoms with Crippen molar-refractivity contribution in [3.63, 3.8) is 0 Å². The van der Waals surface area contributed by atoms with Gasteiger partial charge in [-0.1, -0.05) is 32.4 Å². The predicted octanol–water partition coefficient (Wildman–Crippen LogP) is 6.18. The van der Waals surface area contributed by atoms with E-state index in [9.17, 15) is 0 Å². The SMILES string of the molecule is Cc1ccc2c(c1)C(B1OC(C)(C)C(C)(C)O1)=CC(C)(CO[Si](C)(C)C(C)(C)C)O2. The summed E-state index contributed by atoms with van der Waals surface area (Å²) in [7, 11) is -2.35. The Morgan fingerprint density at radius 2 is 1.57 bits per heavy atom. The Labute approximate surface area is 184 Å². The van der Waals surface area contributed by atoms with Gasteiger partial charge in [0.25, 0.3) is 0 Å². The van der Waals surface area contributed by atoms with E-state index < -0.39 is 32.2 Å². The number of hydrogen-bond donors (Lipinski definition) is 0. The van der Waals surface area contributed by atoms with Crippen molar-refractivity contribution < 1.29 is 18.5 Å². The molecular weight excluding hydrogens is 391 g/mol. The standard InChI is InChI=1S/C24H39BO4Si/c1-17-12-13-20-18(14-17)19(25-28-22(5,6)23(7,8)29-25)15-24(9,27-20)16-26-30(10,11)21(2,3)4/h12-15H,16H2,1-11H3. The maximum Gasteiger partial charge on any atom is 0.495 e. The van der Waals surface area contributed by atoms with Crippen molar-refractivity contribution in [1.82, 2.24) is 0 Å². The summed E-state index contributed by atoms with van der Waals surface area (Å²) in [5, 5.41) is 0.144. The van der Waals surface area contributed by atoms with E-state index in [-0.39, 0.29) is 5.04 Å². The first-order valence-corrected chi connectivity index (χ1v) is 13.9. The molecule has 0 aliphatic carbocycles. The Bertz CT molecular complexity index is 837. The van der Waals surface area contributed by atoms with Crippen LogP contribution in [0, 0.1) is 6.92 Å². The van der Waals surface area contributed by atoms with Gasteiger partial charge in [-0.15, -0.1) is 0 Å². The van der Waals surface area contributed by atoms with Crippen LogP contribution >= 0.6 is 0 Å². The minimum absolute atomic E-state index is 0.144. The summed E-state index contributed by atoms with van der Waals surface area (Å²) >= 11 is 0. The Balaban J connectivity index is 1.98. The molecule has 1 aromatic rings. The topological polar surface area (TPSA) is 36.9 Å². The van der Waals surface area contributed by atoms with E-state index in [1.807, 2.05) is 6.07 Å². The minimum Gasteiger partial charge on any atom is -0.481 e. The zero-order chi connectivity index (χ0) is 22.8. The van der Waals surface area contributed by atoms with Gasteiger partial charge in [0, 0.05) is 5.56 Å². The summed E-state index contributed by atoms with van der Waals surface area (Å²) < 4.78 is 25.9. The zero-order valence-electron chi connectivity index (χ0n) is 20.7. The molecule has 6 heteroatoms. The highest BCUT2D eigenvalue weighted by Gasteiger charge is 2.54. The molecule has 166 valence electrons. The van der Waals surface area contributed by atoms with Crippen LogP contribution in [0.3, 0.4) is 0 Å². The molecule has 0 amide bonds. The van der Waals surface area contributed by atoms with Gasteiger partial charge in [0.15, 0.2) is 8.32 Å². The Hall–Kier alpha value is -1.08. The third-order valence-corrected chi connectivity index (χ3v) is 11.8. The summed E-state index contributed by atoms with van der Waals surface area (Å²) in [6.07, 6.45) is 2.16. The third kappa shape index (κ3) is 4.29. The lowest BCUT2D eigenvalue weighted by molar-refractivity contribution is 0.00578. The van der Waals surface area contributed by atoms with Crippen molar-refractivity contribution >= 4 is 20.9 Å². The first kappa shape index (κ1) is 23.6. The minimum atomic E-state index is -1.91. The molecule has 3 rings (SSSR count). The molecule has 30 heavy (non-hydrogen) atoms. The lowest BCUT2D eigenvalue weighted by Gasteiger charge is -2.41. The molecule has 2 heterocycles. The summed E-state index contributed by atoms with van der Waals surface area (Å²) in [5.41, 5.74) is 1.87. The number of ether oxygens (including phenoxy) is 1. The smallest absolute Gasteiger partial charge is 0.481 e. The van der Waals surface area contributed by atoms with Crippen molar-refractivity contribution in [2.45, 2.75) is 97.2 Å². The van der Waals surface area contributed by atoms with Crippen LogP contribution in [0.2, 0.25) is 18.1 Å². The van der Waals surface area contributed by atoms with Gasteiger partial charge in [-0.05, 0) is 83.4 Å². The van der Waals surface area contributed by atoms with Gasteiger partial charge in [-0.2, -0.15) is 0 Å². The molecule has 0 bridgehead atoms. The molecule has 0 aromatic heterocycles. The molecule has 0 N–H and O–H groups in total. The molecule has 1 saturated heterocycles. The predicted molar refractivity (Wildman–Crippen MR) is 127 cm³/mol. The molecular formula is C24H39BO4Si. The third-order valence-electron chi connectivity index (χ3n) is 7.28.